The highest BCUT2D eigenvalue weighted by atomic mass is 35.5. The summed E-state index contributed by atoms with van der Waals surface area (Å²) in [6.45, 7) is 1.28. The van der Waals surface area contributed by atoms with Crippen molar-refractivity contribution in [1.82, 2.24) is 20.6 Å². The van der Waals surface area contributed by atoms with E-state index in [0.29, 0.717) is 28.9 Å². The van der Waals surface area contributed by atoms with Crippen molar-refractivity contribution in [2.75, 3.05) is 25.5 Å². The fraction of sp³-hybridized carbons (Fsp3) is 0.312. The van der Waals surface area contributed by atoms with E-state index in [1.54, 1.807) is 18.2 Å². The highest BCUT2D eigenvalue weighted by Gasteiger charge is 2.16. The van der Waals surface area contributed by atoms with Gasteiger partial charge in [0.05, 0.1) is 23.9 Å². The minimum atomic E-state index is -0.486. The molecule has 2 amide bonds. The molecule has 0 saturated heterocycles. The second-order valence-electron chi connectivity index (χ2n) is 5.04. The van der Waals surface area contributed by atoms with Gasteiger partial charge in [-0.15, -0.1) is 11.6 Å². The molecular formula is C16H19Cl2N5O2. The molecule has 9 heteroatoms. The van der Waals surface area contributed by atoms with Crippen molar-refractivity contribution in [2.24, 2.45) is 0 Å². The predicted octanol–water partition coefficient (Wildman–Crippen LogP) is 2.74. The van der Waals surface area contributed by atoms with E-state index >= 15 is 0 Å². The zero-order chi connectivity index (χ0) is 18.1. The Morgan fingerprint density at radius 2 is 2.20 bits per heavy atom. The number of allylic oxidation sites excluding steroid dienone is 4. The number of anilines is 1. The van der Waals surface area contributed by atoms with Gasteiger partial charge in [0.15, 0.2) is 5.82 Å². The summed E-state index contributed by atoms with van der Waals surface area (Å²) in [7, 11) is 1.87. The fourth-order valence-electron chi connectivity index (χ4n) is 1.92. The van der Waals surface area contributed by atoms with Crippen molar-refractivity contribution in [3.63, 3.8) is 0 Å². The van der Waals surface area contributed by atoms with E-state index in [0.717, 1.165) is 13.0 Å². The maximum absolute atomic E-state index is 12.2. The summed E-state index contributed by atoms with van der Waals surface area (Å²) >= 11 is 12.3. The molecule has 25 heavy (non-hydrogen) atoms. The number of carbonyl (C=O) groups is 1. The van der Waals surface area contributed by atoms with Crippen LogP contribution in [0.2, 0.25) is 0 Å². The predicted molar refractivity (Wildman–Crippen MR) is 98.4 cm³/mol. The lowest BCUT2D eigenvalue weighted by molar-refractivity contribution is 0.215. The zero-order valence-electron chi connectivity index (χ0n) is 13.6. The van der Waals surface area contributed by atoms with Gasteiger partial charge in [0.2, 0.25) is 0 Å². The summed E-state index contributed by atoms with van der Waals surface area (Å²) in [5, 5.41) is 8.26. The third kappa shape index (κ3) is 6.38. The number of rotatable bonds is 7. The van der Waals surface area contributed by atoms with Crippen molar-refractivity contribution in [3.05, 3.63) is 53.3 Å². The number of hydrogen-bond donors (Lipinski definition) is 3. The van der Waals surface area contributed by atoms with Gasteiger partial charge in [-0.3, -0.25) is 10.3 Å². The number of halogens is 2. The lowest BCUT2D eigenvalue weighted by atomic mass is 10.3. The Kier molecular flexibility index (Phi) is 7.72. The van der Waals surface area contributed by atoms with E-state index in [1.807, 2.05) is 7.05 Å². The molecule has 0 spiro atoms. The summed E-state index contributed by atoms with van der Waals surface area (Å²) in [4.78, 5) is 20.0. The van der Waals surface area contributed by atoms with Gasteiger partial charge in [0.25, 0.3) is 0 Å². The lowest BCUT2D eigenvalue weighted by Gasteiger charge is -2.13. The quantitative estimate of drug-likeness (QED) is 0.497. The van der Waals surface area contributed by atoms with Crippen LogP contribution in [-0.2, 0) is 4.74 Å². The van der Waals surface area contributed by atoms with Crippen molar-refractivity contribution >= 4 is 35.1 Å². The first-order chi connectivity index (χ1) is 12.1. The first-order valence-electron chi connectivity index (χ1n) is 7.65. The van der Waals surface area contributed by atoms with Crippen LogP contribution in [0.5, 0.6) is 0 Å². The van der Waals surface area contributed by atoms with Crippen LogP contribution in [0.1, 0.15) is 6.42 Å². The minimum absolute atomic E-state index is 0.332. The van der Waals surface area contributed by atoms with E-state index in [9.17, 15) is 4.79 Å². The van der Waals surface area contributed by atoms with Crippen molar-refractivity contribution < 1.29 is 9.53 Å². The highest BCUT2D eigenvalue weighted by molar-refractivity contribution is 6.38. The first kappa shape index (κ1) is 19.2. The maximum atomic E-state index is 12.2. The standard InChI is InChI=1S/C16H19Cl2N5O2/c1-19-5-2-8-25-14-9-12(18)11(17)3-4-13(14)22-16(24)23-15-10-20-6-7-21-15/h3-4,6-7,9-11,19H,2,5,8H2,1H3,(H2,21,22,23,24). The van der Waals surface area contributed by atoms with Crippen LogP contribution in [0.4, 0.5) is 10.6 Å². The number of nitrogens with one attached hydrogen (secondary N) is 3. The molecule has 7 nitrogen and oxygen atoms in total. The van der Waals surface area contributed by atoms with Gasteiger partial charge >= 0.3 is 6.03 Å². The van der Waals surface area contributed by atoms with Gasteiger partial charge in [0.1, 0.15) is 5.76 Å². The molecule has 1 aliphatic rings. The summed E-state index contributed by atoms with van der Waals surface area (Å²) in [6.07, 6.45) is 10.2. The normalized spacial score (nSPS) is 16.9. The Hall–Kier alpha value is -2.09. The molecular weight excluding hydrogens is 365 g/mol. The summed E-state index contributed by atoms with van der Waals surface area (Å²) in [6, 6.07) is -0.478. The smallest absolute Gasteiger partial charge is 0.324 e. The van der Waals surface area contributed by atoms with Crippen LogP contribution < -0.4 is 16.0 Å². The summed E-state index contributed by atoms with van der Waals surface area (Å²) in [5.41, 5.74) is 0.451. The van der Waals surface area contributed by atoms with E-state index in [-0.39, 0.29) is 0 Å². The topological polar surface area (TPSA) is 88.2 Å². The Morgan fingerprint density at radius 1 is 1.36 bits per heavy atom. The summed E-state index contributed by atoms with van der Waals surface area (Å²) < 4.78 is 5.75. The molecule has 134 valence electrons. The molecule has 2 rings (SSSR count). The van der Waals surface area contributed by atoms with Crippen molar-refractivity contribution in [1.29, 1.82) is 0 Å². The molecule has 0 saturated carbocycles. The molecule has 0 radical (unpaired) electrons. The molecule has 0 aromatic carbocycles. The molecule has 1 atom stereocenters. The largest absolute Gasteiger partial charge is 0.491 e. The van der Waals surface area contributed by atoms with Crippen LogP contribution >= 0.6 is 23.2 Å². The lowest BCUT2D eigenvalue weighted by Crippen LogP contribution is -2.29. The molecule has 1 aliphatic carbocycles. The third-order valence-electron chi connectivity index (χ3n) is 3.11. The Bertz CT molecular complexity index is 676. The number of nitrogens with zero attached hydrogens (tertiary/aromatic N) is 2. The number of ether oxygens (including phenoxy) is 1. The zero-order valence-corrected chi connectivity index (χ0v) is 15.1. The molecule has 3 N–H and O–H groups in total. The molecule has 1 heterocycles. The maximum Gasteiger partial charge on any atom is 0.324 e. The molecule has 0 aliphatic heterocycles. The second-order valence-corrected chi connectivity index (χ2v) is 5.95. The number of amides is 2. The van der Waals surface area contributed by atoms with Crippen LogP contribution in [0.3, 0.4) is 0 Å². The Labute approximate surface area is 156 Å². The van der Waals surface area contributed by atoms with Crippen LogP contribution in [-0.4, -0.2) is 41.6 Å². The average Bonchev–Trinajstić information content (AvgIpc) is 2.73. The van der Waals surface area contributed by atoms with E-state index in [2.05, 4.69) is 25.9 Å². The van der Waals surface area contributed by atoms with Gasteiger partial charge < -0.3 is 15.4 Å². The van der Waals surface area contributed by atoms with Crippen molar-refractivity contribution in [2.45, 2.75) is 11.8 Å². The number of carbonyl (C=O) groups excluding carboxylic acids is 1. The van der Waals surface area contributed by atoms with Gasteiger partial charge in [-0.2, -0.15) is 0 Å². The van der Waals surface area contributed by atoms with E-state index in [1.165, 1.54) is 18.6 Å². The second kappa shape index (κ2) is 10.0. The van der Waals surface area contributed by atoms with Gasteiger partial charge in [0, 0.05) is 17.4 Å². The highest BCUT2D eigenvalue weighted by Crippen LogP contribution is 2.24. The van der Waals surface area contributed by atoms with Crippen LogP contribution in [0, 0.1) is 0 Å². The van der Waals surface area contributed by atoms with E-state index in [4.69, 9.17) is 27.9 Å². The van der Waals surface area contributed by atoms with Crippen molar-refractivity contribution in [3.8, 4) is 0 Å². The van der Waals surface area contributed by atoms with Gasteiger partial charge in [-0.05, 0) is 32.2 Å². The number of hydrogen-bond acceptors (Lipinski definition) is 5. The minimum Gasteiger partial charge on any atom is -0.491 e. The van der Waals surface area contributed by atoms with Gasteiger partial charge in [-0.1, -0.05) is 17.7 Å². The number of urea groups is 1. The van der Waals surface area contributed by atoms with E-state index < -0.39 is 11.4 Å². The van der Waals surface area contributed by atoms with Crippen LogP contribution in [0.25, 0.3) is 0 Å². The first-order valence-corrected chi connectivity index (χ1v) is 8.46. The fourth-order valence-corrected chi connectivity index (χ4v) is 2.23. The molecule has 0 fully saturated rings. The monoisotopic (exact) mass is 383 g/mol. The average molecular weight is 384 g/mol. The molecule has 1 aromatic heterocycles. The summed E-state index contributed by atoms with van der Waals surface area (Å²) in [5.74, 6) is 0.772. The molecule has 1 aromatic rings. The Balaban J connectivity index is 2.10. The Morgan fingerprint density at radius 3 is 2.92 bits per heavy atom. The number of alkyl halides is 1. The number of aromatic nitrogens is 2. The van der Waals surface area contributed by atoms with Gasteiger partial charge in [-0.25, -0.2) is 9.78 Å². The third-order valence-corrected chi connectivity index (χ3v) is 3.95. The van der Waals surface area contributed by atoms with Crippen LogP contribution in [0.15, 0.2) is 53.3 Å². The molecule has 1 unspecified atom stereocenters. The SMILES string of the molecule is CNCCCOC1=C(NC(=O)Nc2cnccn2)C=CC(Cl)C(Cl)=C1. The molecule has 0 bridgehead atoms.